The molecule has 1 aromatic heterocycles. The smallest absolute Gasteiger partial charge is 0.372 e. The SMILES string of the molecule is COC(=O)Cc1c(Cl)cnc([N+](=O)[O-])c1C(F)F. The van der Waals surface area contributed by atoms with Crippen LogP contribution in [0.5, 0.6) is 0 Å². The van der Waals surface area contributed by atoms with Crippen LogP contribution in [-0.2, 0) is 16.0 Å². The fraction of sp³-hybridized carbons (Fsp3) is 0.333. The van der Waals surface area contributed by atoms with Gasteiger partial charge >= 0.3 is 11.8 Å². The van der Waals surface area contributed by atoms with Crippen molar-refractivity contribution >= 4 is 23.4 Å². The average molecular weight is 281 g/mol. The molecule has 6 nitrogen and oxygen atoms in total. The summed E-state index contributed by atoms with van der Waals surface area (Å²) < 4.78 is 30.0. The molecule has 9 heteroatoms. The van der Waals surface area contributed by atoms with E-state index in [9.17, 15) is 23.7 Å². The van der Waals surface area contributed by atoms with Crippen molar-refractivity contribution in [2.45, 2.75) is 12.8 Å². The van der Waals surface area contributed by atoms with Crippen LogP contribution < -0.4 is 0 Å². The Bertz CT molecular complexity index is 496. The highest BCUT2D eigenvalue weighted by molar-refractivity contribution is 6.31. The van der Waals surface area contributed by atoms with Gasteiger partial charge in [0.25, 0.3) is 6.43 Å². The van der Waals surface area contributed by atoms with Gasteiger partial charge in [-0.3, -0.25) is 4.79 Å². The first kappa shape index (κ1) is 14.2. The number of halogens is 3. The summed E-state index contributed by atoms with van der Waals surface area (Å²) in [7, 11) is 1.06. The van der Waals surface area contributed by atoms with Gasteiger partial charge in [0.05, 0.1) is 18.6 Å². The molecule has 0 aliphatic heterocycles. The van der Waals surface area contributed by atoms with E-state index in [1.54, 1.807) is 0 Å². The first-order valence-corrected chi connectivity index (χ1v) is 4.92. The van der Waals surface area contributed by atoms with Crippen molar-refractivity contribution in [1.82, 2.24) is 4.98 Å². The molecule has 18 heavy (non-hydrogen) atoms. The molecule has 0 atom stereocenters. The molecule has 0 aliphatic rings. The van der Waals surface area contributed by atoms with Crippen LogP contribution in [0.3, 0.4) is 0 Å². The molecule has 0 aliphatic carbocycles. The fourth-order valence-corrected chi connectivity index (χ4v) is 1.52. The van der Waals surface area contributed by atoms with Crippen molar-refractivity contribution in [2.75, 3.05) is 7.11 Å². The van der Waals surface area contributed by atoms with Gasteiger partial charge in [0.15, 0.2) is 6.20 Å². The Labute approximate surface area is 105 Å². The summed E-state index contributed by atoms with van der Waals surface area (Å²) in [5, 5.41) is 10.3. The summed E-state index contributed by atoms with van der Waals surface area (Å²) in [5.41, 5.74) is -1.31. The van der Waals surface area contributed by atoms with E-state index in [2.05, 4.69) is 9.72 Å². The molecule has 0 unspecified atom stereocenters. The number of rotatable bonds is 4. The number of methoxy groups -OCH3 is 1. The number of nitro groups is 1. The van der Waals surface area contributed by atoms with E-state index in [4.69, 9.17) is 11.6 Å². The molecule has 0 aromatic carbocycles. The Morgan fingerprint density at radius 2 is 2.28 bits per heavy atom. The summed E-state index contributed by atoms with van der Waals surface area (Å²) in [4.78, 5) is 23.8. The second-order valence-corrected chi connectivity index (χ2v) is 3.54. The molecule has 1 heterocycles. The predicted octanol–water partition coefficient (Wildman–Crippen LogP) is 2.30. The zero-order valence-corrected chi connectivity index (χ0v) is 9.78. The summed E-state index contributed by atoms with van der Waals surface area (Å²) in [6.45, 7) is 0. The van der Waals surface area contributed by atoms with Gasteiger partial charge in [-0.15, -0.1) is 0 Å². The van der Waals surface area contributed by atoms with Gasteiger partial charge in [-0.25, -0.2) is 8.78 Å². The topological polar surface area (TPSA) is 82.3 Å². The maximum absolute atomic E-state index is 12.8. The average Bonchev–Trinajstić information content (AvgIpc) is 2.30. The van der Waals surface area contributed by atoms with Crippen molar-refractivity contribution in [3.05, 3.63) is 32.5 Å². The van der Waals surface area contributed by atoms with E-state index in [1.165, 1.54) is 0 Å². The maximum Gasteiger partial charge on any atom is 0.372 e. The number of hydrogen-bond acceptors (Lipinski definition) is 5. The Kier molecular flexibility index (Phi) is 4.49. The van der Waals surface area contributed by atoms with E-state index in [1.807, 2.05) is 0 Å². The summed E-state index contributed by atoms with van der Waals surface area (Å²) >= 11 is 5.62. The molecule has 0 bridgehead atoms. The highest BCUT2D eigenvalue weighted by atomic mass is 35.5. The third kappa shape index (κ3) is 2.89. The molecule has 0 saturated heterocycles. The highest BCUT2D eigenvalue weighted by Crippen LogP contribution is 2.34. The third-order valence-electron chi connectivity index (χ3n) is 2.09. The van der Waals surface area contributed by atoms with Crippen LogP contribution in [-0.4, -0.2) is 23.0 Å². The maximum atomic E-state index is 12.8. The first-order chi connectivity index (χ1) is 8.38. The van der Waals surface area contributed by atoms with Crippen LogP contribution in [0.25, 0.3) is 0 Å². The second-order valence-electron chi connectivity index (χ2n) is 3.13. The van der Waals surface area contributed by atoms with Crippen LogP contribution >= 0.6 is 11.6 Å². The Hall–Kier alpha value is -1.83. The van der Waals surface area contributed by atoms with Gasteiger partial charge < -0.3 is 14.9 Å². The Morgan fingerprint density at radius 3 is 2.72 bits per heavy atom. The van der Waals surface area contributed by atoms with Crippen molar-refractivity contribution in [3.63, 3.8) is 0 Å². The van der Waals surface area contributed by atoms with Gasteiger partial charge in [-0.05, 0) is 9.91 Å². The molecule has 0 spiro atoms. The summed E-state index contributed by atoms with van der Waals surface area (Å²) in [6.07, 6.45) is -2.90. The van der Waals surface area contributed by atoms with Crippen LogP contribution in [0, 0.1) is 10.1 Å². The number of carbonyl (C=O) groups excluding carboxylic acids is 1. The largest absolute Gasteiger partial charge is 0.469 e. The Balaban J connectivity index is 3.41. The summed E-state index contributed by atoms with van der Waals surface area (Å²) in [6, 6.07) is 0. The standard InChI is InChI=1S/C9H7ClF2N2O4/c1-18-6(15)2-4-5(10)3-13-9(14(16)17)7(4)8(11)12/h3,8H,2H2,1H3. The molecule has 98 valence electrons. The molecule has 0 radical (unpaired) electrons. The molecule has 0 fully saturated rings. The highest BCUT2D eigenvalue weighted by Gasteiger charge is 2.30. The second kappa shape index (κ2) is 5.67. The lowest BCUT2D eigenvalue weighted by atomic mass is 10.1. The molecule has 0 N–H and O–H groups in total. The van der Waals surface area contributed by atoms with E-state index in [0.29, 0.717) is 0 Å². The minimum atomic E-state index is -3.17. The number of ether oxygens (including phenoxy) is 1. The number of pyridine rings is 1. The summed E-state index contributed by atoms with van der Waals surface area (Å²) in [5.74, 6) is -1.85. The van der Waals surface area contributed by atoms with E-state index >= 15 is 0 Å². The van der Waals surface area contributed by atoms with Crippen molar-refractivity contribution < 1.29 is 23.2 Å². The van der Waals surface area contributed by atoms with Crippen LogP contribution in [0.4, 0.5) is 14.6 Å². The van der Waals surface area contributed by atoms with Crippen molar-refractivity contribution in [1.29, 1.82) is 0 Å². The Morgan fingerprint density at radius 1 is 1.67 bits per heavy atom. The number of carbonyl (C=O) groups is 1. The van der Waals surface area contributed by atoms with Crippen molar-refractivity contribution in [2.24, 2.45) is 0 Å². The van der Waals surface area contributed by atoms with Gasteiger partial charge in [-0.2, -0.15) is 0 Å². The van der Waals surface area contributed by atoms with E-state index in [-0.39, 0.29) is 10.6 Å². The van der Waals surface area contributed by atoms with Gasteiger partial charge in [0.2, 0.25) is 0 Å². The molecule has 0 saturated carbocycles. The predicted molar refractivity (Wildman–Crippen MR) is 56.6 cm³/mol. The lowest BCUT2D eigenvalue weighted by Crippen LogP contribution is -2.10. The monoisotopic (exact) mass is 280 g/mol. The molecule has 1 rings (SSSR count). The third-order valence-corrected chi connectivity index (χ3v) is 2.42. The lowest BCUT2D eigenvalue weighted by molar-refractivity contribution is -0.391. The van der Waals surface area contributed by atoms with Crippen LogP contribution in [0.1, 0.15) is 17.6 Å². The molecular weight excluding hydrogens is 274 g/mol. The van der Waals surface area contributed by atoms with Crippen LogP contribution in [0.2, 0.25) is 5.02 Å². The van der Waals surface area contributed by atoms with Gasteiger partial charge in [0.1, 0.15) is 5.56 Å². The van der Waals surface area contributed by atoms with Gasteiger partial charge in [-0.1, -0.05) is 11.6 Å². The van der Waals surface area contributed by atoms with Crippen molar-refractivity contribution in [3.8, 4) is 0 Å². The normalized spacial score (nSPS) is 10.5. The quantitative estimate of drug-likeness (QED) is 0.480. The minimum Gasteiger partial charge on any atom is -0.469 e. The zero-order chi connectivity index (χ0) is 13.9. The molecular formula is C9H7ClF2N2O4. The molecule has 1 aromatic rings. The van der Waals surface area contributed by atoms with Gasteiger partial charge in [0, 0.05) is 5.56 Å². The number of alkyl halides is 2. The van der Waals surface area contributed by atoms with E-state index in [0.717, 1.165) is 13.3 Å². The number of esters is 1. The molecule has 0 amide bonds. The van der Waals surface area contributed by atoms with E-state index < -0.39 is 35.1 Å². The first-order valence-electron chi connectivity index (χ1n) is 4.55. The van der Waals surface area contributed by atoms with Crippen LogP contribution in [0.15, 0.2) is 6.20 Å². The lowest BCUT2D eigenvalue weighted by Gasteiger charge is -2.09. The minimum absolute atomic E-state index is 0.249. The zero-order valence-electron chi connectivity index (χ0n) is 9.02. The fourth-order valence-electron chi connectivity index (χ4n) is 1.30. The number of hydrogen-bond donors (Lipinski definition) is 0. The number of nitrogens with zero attached hydrogens (tertiary/aromatic N) is 2. The number of aromatic nitrogens is 1.